The summed E-state index contributed by atoms with van der Waals surface area (Å²) in [6, 6.07) is 5.33. The molecule has 3 rings (SSSR count). The second kappa shape index (κ2) is 6.93. The number of carboxylic acid groups (broad SMARTS) is 1. The van der Waals surface area contributed by atoms with E-state index in [9.17, 15) is 18.3 Å². The van der Waals surface area contributed by atoms with Gasteiger partial charge in [0.05, 0.1) is 12.2 Å². The number of pyridine rings is 1. The summed E-state index contributed by atoms with van der Waals surface area (Å²) in [6.07, 6.45) is 4.38. The fraction of sp³-hybridized carbons (Fsp3) is 0.438. The van der Waals surface area contributed by atoms with Crippen LogP contribution in [0.25, 0.3) is 0 Å². The average Bonchev–Trinajstić information content (AvgIpc) is 3.01. The normalized spacial score (nSPS) is 16.8. The lowest BCUT2D eigenvalue weighted by Gasteiger charge is -2.28. The molecule has 1 saturated heterocycles. The zero-order chi connectivity index (χ0) is 18.0. The standard InChI is InChI=1S/C16H20N4O4S/c1-12-5-8-20(9-6-12)25(23,24)15-14(16(21)22)11-19(18-15)10-13-4-2-3-7-17-13/h2-4,7,11-12H,5-6,8-10H2,1H3,(H,21,22). The quantitative estimate of drug-likeness (QED) is 0.861. The number of aromatic nitrogens is 3. The fourth-order valence-corrected chi connectivity index (χ4v) is 4.39. The van der Waals surface area contributed by atoms with Gasteiger partial charge >= 0.3 is 5.97 Å². The summed E-state index contributed by atoms with van der Waals surface area (Å²) in [5, 5.41) is 13.1. The number of carboxylic acids is 1. The zero-order valence-corrected chi connectivity index (χ0v) is 14.7. The van der Waals surface area contributed by atoms with Crippen LogP contribution in [0.4, 0.5) is 0 Å². The molecule has 2 aromatic heterocycles. The van der Waals surface area contributed by atoms with Crippen molar-refractivity contribution >= 4 is 16.0 Å². The van der Waals surface area contributed by atoms with Crippen molar-refractivity contribution in [3.05, 3.63) is 41.9 Å². The molecule has 0 radical (unpaired) electrons. The molecule has 0 aromatic carbocycles. The first-order chi connectivity index (χ1) is 11.9. The monoisotopic (exact) mass is 364 g/mol. The summed E-state index contributed by atoms with van der Waals surface area (Å²) in [7, 11) is -3.93. The van der Waals surface area contributed by atoms with E-state index in [4.69, 9.17) is 0 Å². The molecule has 25 heavy (non-hydrogen) atoms. The topological polar surface area (TPSA) is 105 Å². The molecule has 0 saturated carbocycles. The summed E-state index contributed by atoms with van der Waals surface area (Å²) in [5.74, 6) is -0.844. The van der Waals surface area contributed by atoms with E-state index in [-0.39, 0.29) is 12.1 Å². The minimum absolute atomic E-state index is 0.202. The highest BCUT2D eigenvalue weighted by Gasteiger charge is 2.34. The van der Waals surface area contributed by atoms with Crippen LogP contribution >= 0.6 is 0 Å². The highest BCUT2D eigenvalue weighted by atomic mass is 32.2. The van der Waals surface area contributed by atoms with Gasteiger partial charge in [-0.25, -0.2) is 13.2 Å². The van der Waals surface area contributed by atoms with Crippen LogP contribution < -0.4 is 0 Å². The number of aromatic carboxylic acids is 1. The van der Waals surface area contributed by atoms with Crippen molar-refractivity contribution in [1.29, 1.82) is 0 Å². The van der Waals surface area contributed by atoms with Gasteiger partial charge in [0.25, 0.3) is 10.0 Å². The summed E-state index contributed by atoms with van der Waals surface area (Å²) in [4.78, 5) is 15.7. The van der Waals surface area contributed by atoms with E-state index in [1.807, 2.05) is 0 Å². The second-order valence-corrected chi connectivity index (χ2v) is 8.11. The molecular weight excluding hydrogens is 344 g/mol. The van der Waals surface area contributed by atoms with E-state index in [0.717, 1.165) is 12.8 Å². The Labute approximate surface area is 146 Å². The van der Waals surface area contributed by atoms with Crippen LogP contribution in [-0.2, 0) is 16.6 Å². The van der Waals surface area contributed by atoms with Crippen LogP contribution in [0.5, 0.6) is 0 Å². The van der Waals surface area contributed by atoms with Gasteiger partial charge in [0.1, 0.15) is 5.56 Å². The van der Waals surface area contributed by atoms with E-state index >= 15 is 0 Å². The first-order valence-corrected chi connectivity index (χ1v) is 9.52. The van der Waals surface area contributed by atoms with Crippen molar-refractivity contribution in [3.8, 4) is 0 Å². The molecule has 1 aliphatic rings. The Balaban J connectivity index is 1.93. The molecule has 0 atom stereocenters. The van der Waals surface area contributed by atoms with Crippen LogP contribution in [0, 0.1) is 5.92 Å². The minimum atomic E-state index is -3.93. The smallest absolute Gasteiger partial charge is 0.340 e. The third-order valence-corrected chi connectivity index (χ3v) is 6.17. The maximum atomic E-state index is 12.9. The molecule has 134 valence electrons. The predicted octanol–water partition coefficient (Wildman–Crippen LogP) is 1.45. The third kappa shape index (κ3) is 3.72. The number of hydrogen-bond acceptors (Lipinski definition) is 5. The highest BCUT2D eigenvalue weighted by Crippen LogP contribution is 2.25. The van der Waals surface area contributed by atoms with Crippen LogP contribution in [-0.4, -0.2) is 51.7 Å². The highest BCUT2D eigenvalue weighted by molar-refractivity contribution is 7.89. The first kappa shape index (κ1) is 17.6. The van der Waals surface area contributed by atoms with E-state index in [2.05, 4.69) is 17.0 Å². The molecule has 0 amide bonds. The van der Waals surface area contributed by atoms with Gasteiger partial charge in [0, 0.05) is 25.5 Å². The number of nitrogens with zero attached hydrogens (tertiary/aromatic N) is 4. The molecule has 2 aromatic rings. The Bertz CT molecular complexity index is 856. The molecule has 1 aliphatic heterocycles. The minimum Gasteiger partial charge on any atom is -0.478 e. The van der Waals surface area contributed by atoms with Gasteiger partial charge in [-0.1, -0.05) is 13.0 Å². The molecule has 0 unspecified atom stereocenters. The molecule has 1 fully saturated rings. The summed E-state index contributed by atoms with van der Waals surface area (Å²) in [6.45, 7) is 3.05. The summed E-state index contributed by atoms with van der Waals surface area (Å²) < 4.78 is 28.3. The molecular formula is C16H20N4O4S. The summed E-state index contributed by atoms with van der Waals surface area (Å²) in [5.41, 5.74) is 0.354. The van der Waals surface area contributed by atoms with Crippen molar-refractivity contribution in [2.24, 2.45) is 5.92 Å². The van der Waals surface area contributed by atoms with Crippen molar-refractivity contribution in [3.63, 3.8) is 0 Å². The lowest BCUT2D eigenvalue weighted by molar-refractivity contribution is 0.0692. The van der Waals surface area contributed by atoms with Crippen molar-refractivity contribution in [2.75, 3.05) is 13.1 Å². The average molecular weight is 364 g/mol. The number of hydrogen-bond donors (Lipinski definition) is 1. The van der Waals surface area contributed by atoms with Crippen molar-refractivity contribution < 1.29 is 18.3 Å². The van der Waals surface area contributed by atoms with Gasteiger partial charge in [-0.3, -0.25) is 9.67 Å². The van der Waals surface area contributed by atoms with Crippen LogP contribution in [0.15, 0.2) is 35.6 Å². The fourth-order valence-electron chi connectivity index (χ4n) is 2.83. The van der Waals surface area contributed by atoms with Gasteiger partial charge < -0.3 is 5.11 Å². The molecule has 0 aliphatic carbocycles. The summed E-state index contributed by atoms with van der Waals surface area (Å²) >= 11 is 0. The Kier molecular flexibility index (Phi) is 4.87. The van der Waals surface area contributed by atoms with Gasteiger partial charge in [-0.15, -0.1) is 0 Å². The van der Waals surface area contributed by atoms with Crippen LogP contribution in [0.1, 0.15) is 35.8 Å². The molecule has 0 spiro atoms. The number of rotatable bonds is 5. The lowest BCUT2D eigenvalue weighted by atomic mass is 10.0. The maximum Gasteiger partial charge on any atom is 0.340 e. The van der Waals surface area contributed by atoms with E-state index in [1.165, 1.54) is 15.2 Å². The number of sulfonamides is 1. The third-order valence-electron chi connectivity index (χ3n) is 4.34. The molecule has 3 heterocycles. The zero-order valence-electron chi connectivity index (χ0n) is 13.9. The van der Waals surface area contributed by atoms with Crippen LogP contribution in [0.3, 0.4) is 0 Å². The first-order valence-electron chi connectivity index (χ1n) is 8.08. The predicted molar refractivity (Wildman–Crippen MR) is 89.7 cm³/mol. The van der Waals surface area contributed by atoms with Crippen molar-refractivity contribution in [1.82, 2.24) is 19.1 Å². The van der Waals surface area contributed by atoms with Crippen LogP contribution in [0.2, 0.25) is 0 Å². The second-order valence-electron chi connectivity index (χ2n) is 6.26. The SMILES string of the molecule is CC1CCN(S(=O)(=O)c2nn(Cc3ccccn3)cc2C(=O)O)CC1. The Morgan fingerprint density at radius 1 is 1.32 bits per heavy atom. The van der Waals surface area contributed by atoms with Gasteiger partial charge in [-0.05, 0) is 30.9 Å². The lowest BCUT2D eigenvalue weighted by Crippen LogP contribution is -2.38. The van der Waals surface area contributed by atoms with Crippen molar-refractivity contribution in [2.45, 2.75) is 31.3 Å². The molecule has 1 N–H and O–H groups in total. The van der Waals surface area contributed by atoms with E-state index in [1.54, 1.807) is 24.4 Å². The molecule has 8 nitrogen and oxygen atoms in total. The Morgan fingerprint density at radius 2 is 2.04 bits per heavy atom. The Hall–Kier alpha value is -2.26. The molecule has 0 bridgehead atoms. The van der Waals surface area contributed by atoms with E-state index in [0.29, 0.717) is 24.7 Å². The molecule has 9 heteroatoms. The van der Waals surface area contributed by atoms with Gasteiger partial charge in [-0.2, -0.15) is 9.40 Å². The van der Waals surface area contributed by atoms with Gasteiger partial charge in [0.15, 0.2) is 0 Å². The largest absolute Gasteiger partial charge is 0.478 e. The maximum absolute atomic E-state index is 12.9. The van der Waals surface area contributed by atoms with Gasteiger partial charge in [0.2, 0.25) is 5.03 Å². The Morgan fingerprint density at radius 3 is 2.64 bits per heavy atom. The number of piperidine rings is 1. The van der Waals surface area contributed by atoms with E-state index < -0.39 is 21.0 Å². The number of carbonyl (C=O) groups is 1.